The van der Waals surface area contributed by atoms with Gasteiger partial charge in [0.25, 0.3) is 5.91 Å². The second-order valence-electron chi connectivity index (χ2n) is 7.20. The van der Waals surface area contributed by atoms with Gasteiger partial charge < -0.3 is 19.8 Å². The number of hydrogen-bond donors (Lipinski definition) is 1. The molecular weight excluding hydrogens is 360 g/mol. The number of unbranched alkanes of at least 4 members (excludes halogenated alkanes) is 1. The number of fused-ring (bicyclic) bond motifs is 1. The summed E-state index contributed by atoms with van der Waals surface area (Å²) in [6.07, 6.45) is 4.16. The van der Waals surface area contributed by atoms with E-state index in [1.165, 1.54) is 4.90 Å². The van der Waals surface area contributed by atoms with Crippen LogP contribution in [0.4, 0.5) is 0 Å². The first kappa shape index (κ1) is 19.9. The topological polar surface area (TPSA) is 103 Å². The highest BCUT2D eigenvalue weighted by Gasteiger charge is 2.32. The molecule has 28 heavy (non-hydrogen) atoms. The Morgan fingerprint density at radius 2 is 2.14 bits per heavy atom. The predicted molar refractivity (Wildman–Crippen MR) is 105 cm³/mol. The lowest BCUT2D eigenvalue weighted by molar-refractivity contribution is -0.138. The van der Waals surface area contributed by atoms with E-state index in [1.54, 1.807) is 19.1 Å². The van der Waals surface area contributed by atoms with Gasteiger partial charge >= 0.3 is 5.63 Å². The Kier molecular flexibility index (Phi) is 6.02. The number of ether oxygens (including phenoxy) is 1. The number of amides is 2. The second kappa shape index (κ2) is 8.46. The van der Waals surface area contributed by atoms with Gasteiger partial charge in [0.15, 0.2) is 6.61 Å². The fraction of sp³-hybridized carbons (Fsp3) is 0.476. The molecule has 1 saturated heterocycles. The smallest absolute Gasteiger partial charge is 0.336 e. The van der Waals surface area contributed by atoms with Crippen LogP contribution in [0.15, 0.2) is 27.4 Å². The number of aryl methyl sites for hydroxylation is 2. The third kappa shape index (κ3) is 4.03. The van der Waals surface area contributed by atoms with Crippen molar-refractivity contribution in [2.75, 3.05) is 13.2 Å². The van der Waals surface area contributed by atoms with E-state index in [0.717, 1.165) is 36.6 Å². The van der Waals surface area contributed by atoms with E-state index in [1.807, 2.05) is 6.07 Å². The number of rotatable bonds is 7. The third-order valence-electron chi connectivity index (χ3n) is 5.25. The molecule has 150 valence electrons. The van der Waals surface area contributed by atoms with Crippen LogP contribution in [0.25, 0.3) is 11.0 Å². The normalized spacial score (nSPS) is 16.5. The van der Waals surface area contributed by atoms with Gasteiger partial charge in [0.05, 0.1) is 0 Å². The zero-order chi connectivity index (χ0) is 20.3. The number of hydrogen-bond acceptors (Lipinski definition) is 5. The van der Waals surface area contributed by atoms with Gasteiger partial charge in [0, 0.05) is 23.6 Å². The van der Waals surface area contributed by atoms with Crippen molar-refractivity contribution in [1.82, 2.24) is 4.90 Å². The van der Waals surface area contributed by atoms with Crippen LogP contribution in [0.3, 0.4) is 0 Å². The summed E-state index contributed by atoms with van der Waals surface area (Å²) in [7, 11) is 0. The van der Waals surface area contributed by atoms with Crippen LogP contribution in [0.2, 0.25) is 0 Å². The van der Waals surface area contributed by atoms with Gasteiger partial charge in [-0.25, -0.2) is 4.79 Å². The molecule has 1 aromatic carbocycles. The summed E-state index contributed by atoms with van der Waals surface area (Å²) in [5, 5.41) is 0.887. The molecule has 7 heteroatoms. The molecule has 1 aliphatic heterocycles. The number of nitrogens with zero attached hydrogens (tertiary/aromatic N) is 1. The number of carbonyl (C=O) groups is 2. The Morgan fingerprint density at radius 3 is 2.86 bits per heavy atom. The maximum absolute atomic E-state index is 12.5. The van der Waals surface area contributed by atoms with Crippen molar-refractivity contribution in [2.24, 2.45) is 5.73 Å². The van der Waals surface area contributed by atoms with Crippen molar-refractivity contribution in [1.29, 1.82) is 0 Å². The first-order chi connectivity index (χ1) is 13.4. The highest BCUT2D eigenvalue weighted by atomic mass is 16.5. The van der Waals surface area contributed by atoms with Crippen LogP contribution in [-0.4, -0.2) is 35.9 Å². The number of likely N-dealkylation sites (tertiary alicyclic amines) is 1. The van der Waals surface area contributed by atoms with E-state index in [4.69, 9.17) is 14.9 Å². The van der Waals surface area contributed by atoms with Crippen molar-refractivity contribution >= 4 is 22.8 Å². The molecule has 0 bridgehead atoms. The second-order valence-corrected chi connectivity index (χ2v) is 7.20. The maximum Gasteiger partial charge on any atom is 0.336 e. The molecule has 1 aliphatic rings. The molecule has 2 amide bonds. The van der Waals surface area contributed by atoms with Gasteiger partial charge in [-0.2, -0.15) is 0 Å². The molecule has 1 unspecified atom stereocenters. The molecule has 1 aromatic heterocycles. The predicted octanol–water partition coefficient (Wildman–Crippen LogP) is 2.30. The highest BCUT2D eigenvalue weighted by Crippen LogP contribution is 2.29. The Hall–Kier alpha value is -2.83. The monoisotopic (exact) mass is 386 g/mol. The standard InChI is InChI=1S/C21H26N2O5/c1-3-4-6-14-11-19(25)28-20-13(2)17(9-8-15(14)20)27-12-18(24)23-10-5-7-16(23)21(22)26/h8-9,11,16H,3-7,10,12H2,1-2H3,(H2,22,26). The molecule has 1 fully saturated rings. The molecule has 2 aromatic rings. The molecule has 7 nitrogen and oxygen atoms in total. The number of carbonyl (C=O) groups excluding carboxylic acids is 2. The van der Waals surface area contributed by atoms with E-state index in [0.29, 0.717) is 29.9 Å². The van der Waals surface area contributed by atoms with Gasteiger partial charge in [-0.3, -0.25) is 9.59 Å². The van der Waals surface area contributed by atoms with E-state index < -0.39 is 17.6 Å². The van der Waals surface area contributed by atoms with Crippen LogP contribution in [0.5, 0.6) is 5.75 Å². The van der Waals surface area contributed by atoms with Crippen LogP contribution >= 0.6 is 0 Å². The lowest BCUT2D eigenvalue weighted by Gasteiger charge is -2.22. The Morgan fingerprint density at radius 1 is 1.36 bits per heavy atom. The molecule has 0 saturated carbocycles. The Bertz CT molecular complexity index is 950. The third-order valence-corrected chi connectivity index (χ3v) is 5.25. The van der Waals surface area contributed by atoms with Gasteiger partial charge in [0.1, 0.15) is 17.4 Å². The van der Waals surface area contributed by atoms with E-state index >= 15 is 0 Å². The quantitative estimate of drug-likeness (QED) is 0.736. The molecule has 0 aliphatic carbocycles. The molecule has 2 heterocycles. The average molecular weight is 386 g/mol. The zero-order valence-electron chi connectivity index (χ0n) is 16.3. The lowest BCUT2D eigenvalue weighted by Crippen LogP contribution is -2.45. The van der Waals surface area contributed by atoms with Gasteiger partial charge in [-0.15, -0.1) is 0 Å². The Labute approximate surface area is 163 Å². The summed E-state index contributed by atoms with van der Waals surface area (Å²) in [5.41, 5.74) is 7.09. The summed E-state index contributed by atoms with van der Waals surface area (Å²) in [6.45, 7) is 4.21. The summed E-state index contributed by atoms with van der Waals surface area (Å²) in [6, 6.07) is 4.63. The van der Waals surface area contributed by atoms with Crippen molar-refractivity contribution in [3.63, 3.8) is 0 Å². The van der Waals surface area contributed by atoms with Gasteiger partial charge in [-0.1, -0.05) is 13.3 Å². The summed E-state index contributed by atoms with van der Waals surface area (Å²) in [5.74, 6) is -0.292. The summed E-state index contributed by atoms with van der Waals surface area (Å²) >= 11 is 0. The molecular formula is C21H26N2O5. The zero-order valence-corrected chi connectivity index (χ0v) is 16.3. The summed E-state index contributed by atoms with van der Waals surface area (Å²) in [4.78, 5) is 37.4. The van der Waals surface area contributed by atoms with E-state index in [-0.39, 0.29) is 12.5 Å². The first-order valence-electron chi connectivity index (χ1n) is 9.70. The SMILES string of the molecule is CCCCc1cc(=O)oc2c(C)c(OCC(=O)N3CCCC3C(N)=O)ccc12. The summed E-state index contributed by atoms with van der Waals surface area (Å²) < 4.78 is 11.1. The number of benzene rings is 1. The van der Waals surface area contributed by atoms with Crippen LogP contribution in [-0.2, 0) is 16.0 Å². The molecule has 3 rings (SSSR count). The van der Waals surface area contributed by atoms with Crippen molar-refractivity contribution in [3.05, 3.63) is 39.7 Å². The first-order valence-corrected chi connectivity index (χ1v) is 9.70. The van der Waals surface area contributed by atoms with Crippen molar-refractivity contribution in [3.8, 4) is 5.75 Å². The van der Waals surface area contributed by atoms with Crippen LogP contribution in [0.1, 0.15) is 43.7 Å². The maximum atomic E-state index is 12.5. The minimum atomic E-state index is -0.562. The van der Waals surface area contributed by atoms with E-state index in [9.17, 15) is 14.4 Å². The number of nitrogens with two attached hydrogens (primary N) is 1. The molecule has 2 N–H and O–H groups in total. The van der Waals surface area contributed by atoms with Crippen molar-refractivity contribution < 1.29 is 18.7 Å². The van der Waals surface area contributed by atoms with Crippen molar-refractivity contribution in [2.45, 2.75) is 52.0 Å². The molecule has 0 radical (unpaired) electrons. The Balaban J connectivity index is 1.80. The van der Waals surface area contributed by atoms with Crippen LogP contribution < -0.4 is 16.1 Å². The largest absolute Gasteiger partial charge is 0.483 e. The lowest BCUT2D eigenvalue weighted by atomic mass is 10.0. The minimum Gasteiger partial charge on any atom is -0.483 e. The van der Waals surface area contributed by atoms with Crippen LogP contribution in [0, 0.1) is 6.92 Å². The minimum absolute atomic E-state index is 0.199. The fourth-order valence-corrected chi connectivity index (χ4v) is 3.72. The van der Waals surface area contributed by atoms with Gasteiger partial charge in [0.2, 0.25) is 5.91 Å². The average Bonchev–Trinajstić information content (AvgIpc) is 3.16. The van der Waals surface area contributed by atoms with E-state index in [2.05, 4.69) is 6.92 Å². The fourth-order valence-electron chi connectivity index (χ4n) is 3.72. The number of primary amides is 1. The van der Waals surface area contributed by atoms with Gasteiger partial charge in [-0.05, 0) is 50.3 Å². The molecule has 0 spiro atoms. The highest BCUT2D eigenvalue weighted by molar-refractivity contribution is 5.88. The molecule has 1 atom stereocenters.